The number of hydrogen-bond acceptors (Lipinski definition) is 3. The predicted molar refractivity (Wildman–Crippen MR) is 80.2 cm³/mol. The zero-order valence-electron chi connectivity index (χ0n) is 13.2. The third-order valence-corrected chi connectivity index (χ3v) is 5.50. The molecule has 1 aliphatic heterocycles. The molecule has 0 amide bonds. The molecule has 0 aromatic carbocycles. The van der Waals surface area contributed by atoms with Crippen molar-refractivity contribution in [3.8, 4) is 0 Å². The number of rotatable bonds is 3. The van der Waals surface area contributed by atoms with Crippen molar-refractivity contribution in [2.45, 2.75) is 71.1 Å². The summed E-state index contributed by atoms with van der Waals surface area (Å²) in [6, 6.07) is 0.510. The average Bonchev–Trinajstić information content (AvgIpc) is 2.41. The van der Waals surface area contributed by atoms with Crippen LogP contribution in [-0.4, -0.2) is 42.3 Å². The van der Waals surface area contributed by atoms with Crippen LogP contribution in [0.15, 0.2) is 0 Å². The molecule has 1 aliphatic carbocycles. The normalized spacial score (nSPS) is 41.7. The van der Waals surface area contributed by atoms with E-state index < -0.39 is 0 Å². The maximum Gasteiger partial charge on any atom is 0.0675 e. The maximum absolute atomic E-state index is 6.22. The Balaban J connectivity index is 2.06. The van der Waals surface area contributed by atoms with Crippen molar-refractivity contribution >= 4 is 0 Å². The van der Waals surface area contributed by atoms with Gasteiger partial charge in [-0.25, -0.2) is 0 Å². The van der Waals surface area contributed by atoms with Crippen LogP contribution < -0.4 is 5.73 Å². The lowest BCUT2D eigenvalue weighted by atomic mass is 9.71. The van der Waals surface area contributed by atoms with Crippen LogP contribution in [0, 0.1) is 11.8 Å². The smallest absolute Gasteiger partial charge is 0.0675 e. The Bertz CT molecular complexity index is 284. The molecule has 2 rings (SSSR count). The number of nitrogens with two attached hydrogens (primary N) is 1. The highest BCUT2D eigenvalue weighted by Gasteiger charge is 2.43. The summed E-state index contributed by atoms with van der Waals surface area (Å²) < 4.78 is 5.78. The molecule has 2 fully saturated rings. The summed E-state index contributed by atoms with van der Waals surface area (Å²) in [6.07, 6.45) is 5.57. The molecular formula is C16H32N2O. The first-order chi connectivity index (χ1) is 8.98. The van der Waals surface area contributed by atoms with E-state index in [-0.39, 0.29) is 5.54 Å². The van der Waals surface area contributed by atoms with Gasteiger partial charge in [0.2, 0.25) is 0 Å². The molecule has 0 aromatic heterocycles. The number of ether oxygens (including phenoxy) is 1. The molecular weight excluding hydrogens is 236 g/mol. The minimum atomic E-state index is 0.239. The molecule has 2 N–H and O–H groups in total. The van der Waals surface area contributed by atoms with E-state index in [0.29, 0.717) is 12.1 Å². The Morgan fingerprint density at radius 3 is 2.42 bits per heavy atom. The van der Waals surface area contributed by atoms with Gasteiger partial charge < -0.3 is 10.5 Å². The van der Waals surface area contributed by atoms with E-state index in [1.165, 1.54) is 25.7 Å². The summed E-state index contributed by atoms with van der Waals surface area (Å²) in [6.45, 7) is 11.9. The minimum Gasteiger partial charge on any atom is -0.376 e. The van der Waals surface area contributed by atoms with E-state index in [0.717, 1.165) is 31.5 Å². The third kappa shape index (κ3) is 3.14. The lowest BCUT2D eigenvalue weighted by molar-refractivity contribution is -0.105. The molecule has 3 nitrogen and oxygen atoms in total. The molecule has 1 heterocycles. The quantitative estimate of drug-likeness (QED) is 0.855. The molecule has 1 saturated heterocycles. The van der Waals surface area contributed by atoms with Crippen molar-refractivity contribution in [3.05, 3.63) is 0 Å². The molecule has 0 radical (unpaired) electrons. The zero-order chi connectivity index (χ0) is 14.0. The van der Waals surface area contributed by atoms with Gasteiger partial charge in [-0.05, 0) is 51.4 Å². The van der Waals surface area contributed by atoms with E-state index >= 15 is 0 Å². The van der Waals surface area contributed by atoms with Gasteiger partial charge in [0, 0.05) is 24.7 Å². The maximum atomic E-state index is 6.22. The van der Waals surface area contributed by atoms with Crippen LogP contribution in [0.5, 0.6) is 0 Å². The Labute approximate surface area is 118 Å². The van der Waals surface area contributed by atoms with E-state index in [4.69, 9.17) is 10.5 Å². The average molecular weight is 268 g/mol. The van der Waals surface area contributed by atoms with E-state index in [1.807, 2.05) is 0 Å². The van der Waals surface area contributed by atoms with Crippen LogP contribution >= 0.6 is 0 Å². The summed E-state index contributed by atoms with van der Waals surface area (Å²) in [5, 5.41) is 0. The van der Waals surface area contributed by atoms with Crippen LogP contribution in [0.3, 0.4) is 0 Å². The van der Waals surface area contributed by atoms with Crippen LogP contribution in [0.1, 0.15) is 53.4 Å². The lowest BCUT2D eigenvalue weighted by Gasteiger charge is -2.53. The van der Waals surface area contributed by atoms with E-state index in [2.05, 4.69) is 32.6 Å². The van der Waals surface area contributed by atoms with Crippen LogP contribution in [0.4, 0.5) is 0 Å². The molecule has 2 atom stereocenters. The summed E-state index contributed by atoms with van der Waals surface area (Å²) in [4.78, 5) is 2.66. The first-order valence-electron chi connectivity index (χ1n) is 8.07. The first kappa shape index (κ1) is 15.3. The molecule has 2 aliphatic rings. The zero-order valence-corrected chi connectivity index (χ0v) is 13.2. The van der Waals surface area contributed by atoms with Crippen molar-refractivity contribution in [2.75, 3.05) is 19.7 Å². The van der Waals surface area contributed by atoms with Gasteiger partial charge >= 0.3 is 0 Å². The van der Waals surface area contributed by atoms with Crippen molar-refractivity contribution in [1.82, 2.24) is 4.90 Å². The van der Waals surface area contributed by atoms with Gasteiger partial charge in [-0.15, -0.1) is 0 Å². The second-order valence-corrected chi connectivity index (χ2v) is 7.16. The minimum absolute atomic E-state index is 0.239. The largest absolute Gasteiger partial charge is 0.376 e. The number of hydrogen-bond donors (Lipinski definition) is 1. The molecule has 2 unspecified atom stereocenters. The first-order valence-corrected chi connectivity index (χ1v) is 8.07. The lowest BCUT2D eigenvalue weighted by Crippen LogP contribution is -2.63. The van der Waals surface area contributed by atoms with Gasteiger partial charge in [-0.3, -0.25) is 4.90 Å². The van der Waals surface area contributed by atoms with E-state index in [1.54, 1.807) is 0 Å². The van der Waals surface area contributed by atoms with Crippen molar-refractivity contribution in [1.29, 1.82) is 0 Å². The van der Waals surface area contributed by atoms with Crippen LogP contribution in [0.25, 0.3) is 0 Å². The van der Waals surface area contributed by atoms with Crippen molar-refractivity contribution < 1.29 is 4.74 Å². The monoisotopic (exact) mass is 268 g/mol. The second-order valence-electron chi connectivity index (χ2n) is 7.16. The molecule has 112 valence electrons. The Morgan fingerprint density at radius 1 is 1.26 bits per heavy atom. The second kappa shape index (κ2) is 6.11. The molecule has 3 heteroatoms. The highest BCUT2D eigenvalue weighted by atomic mass is 16.5. The summed E-state index contributed by atoms with van der Waals surface area (Å²) in [7, 11) is 0. The highest BCUT2D eigenvalue weighted by molar-refractivity contribution is 4.99. The summed E-state index contributed by atoms with van der Waals surface area (Å²) >= 11 is 0. The SMILES string of the molecule is CC1CN(C2(CN)CCC(C(C)C)CC2)C(C)CO1. The van der Waals surface area contributed by atoms with Crippen molar-refractivity contribution in [3.63, 3.8) is 0 Å². The summed E-state index contributed by atoms with van der Waals surface area (Å²) in [5.41, 5.74) is 6.45. The molecule has 0 spiro atoms. The fraction of sp³-hybridized carbons (Fsp3) is 1.00. The Kier molecular flexibility index (Phi) is 4.91. The van der Waals surface area contributed by atoms with Gasteiger partial charge in [0.25, 0.3) is 0 Å². The molecule has 0 aromatic rings. The Hall–Kier alpha value is -0.120. The van der Waals surface area contributed by atoms with Gasteiger partial charge in [-0.2, -0.15) is 0 Å². The summed E-state index contributed by atoms with van der Waals surface area (Å²) in [5.74, 6) is 1.71. The van der Waals surface area contributed by atoms with Crippen molar-refractivity contribution in [2.24, 2.45) is 17.6 Å². The van der Waals surface area contributed by atoms with Crippen LogP contribution in [0.2, 0.25) is 0 Å². The fourth-order valence-corrected chi connectivity index (χ4v) is 4.02. The van der Waals surface area contributed by atoms with E-state index in [9.17, 15) is 0 Å². The predicted octanol–water partition coefficient (Wildman–Crippen LogP) is 2.64. The molecule has 0 bridgehead atoms. The highest BCUT2D eigenvalue weighted by Crippen LogP contribution is 2.40. The Morgan fingerprint density at radius 2 is 1.89 bits per heavy atom. The fourth-order valence-electron chi connectivity index (χ4n) is 4.02. The standard InChI is InChI=1S/C16H32N2O/c1-12(2)15-5-7-16(11-17,8-6-15)18-9-14(4)19-10-13(18)3/h12-15H,5-11,17H2,1-4H3. The third-order valence-electron chi connectivity index (χ3n) is 5.50. The van der Waals surface area contributed by atoms with Crippen LogP contribution in [-0.2, 0) is 4.74 Å². The molecule has 19 heavy (non-hydrogen) atoms. The number of morpholine rings is 1. The molecule has 1 saturated carbocycles. The number of nitrogens with zero attached hydrogens (tertiary/aromatic N) is 1. The topological polar surface area (TPSA) is 38.5 Å². The van der Waals surface area contributed by atoms with Gasteiger partial charge in [-0.1, -0.05) is 13.8 Å². The van der Waals surface area contributed by atoms with Gasteiger partial charge in [0.15, 0.2) is 0 Å². The van der Waals surface area contributed by atoms with Gasteiger partial charge in [0.1, 0.15) is 0 Å². The van der Waals surface area contributed by atoms with Gasteiger partial charge in [0.05, 0.1) is 12.7 Å².